The van der Waals surface area contributed by atoms with Crippen molar-refractivity contribution in [2.45, 2.75) is 26.1 Å². The van der Waals surface area contributed by atoms with Gasteiger partial charge in [-0.1, -0.05) is 17.7 Å². The molecular weight excluding hydrogens is 392 g/mol. The summed E-state index contributed by atoms with van der Waals surface area (Å²) in [5, 5.41) is 19.2. The number of carbonyl (C=O) groups is 1. The lowest BCUT2D eigenvalue weighted by atomic mass is 9.98. The zero-order valence-corrected chi connectivity index (χ0v) is 17.0. The van der Waals surface area contributed by atoms with Gasteiger partial charge in [-0.25, -0.2) is 0 Å². The molecule has 152 valence electrons. The van der Waals surface area contributed by atoms with Gasteiger partial charge in [-0.05, 0) is 54.8 Å². The Hall–Kier alpha value is -2.80. The molecule has 0 aliphatic heterocycles. The Morgan fingerprint density at radius 3 is 2.59 bits per heavy atom. The van der Waals surface area contributed by atoms with Gasteiger partial charge < -0.3 is 25.3 Å². The van der Waals surface area contributed by atoms with Crippen molar-refractivity contribution >= 4 is 17.5 Å². The maximum absolute atomic E-state index is 11.5. The average Bonchev–Trinajstić information content (AvgIpc) is 3.09. The van der Waals surface area contributed by atoms with E-state index in [1.165, 1.54) is 0 Å². The predicted molar refractivity (Wildman–Crippen MR) is 113 cm³/mol. The number of hydrogen-bond acceptors (Lipinski definition) is 4. The molecule has 0 bridgehead atoms. The summed E-state index contributed by atoms with van der Waals surface area (Å²) in [6.07, 6.45) is 1.18. The molecule has 0 fully saturated rings. The number of primary amides is 1. The van der Waals surface area contributed by atoms with Gasteiger partial charge in [0.15, 0.2) is 6.29 Å². The Balaban J connectivity index is 2.21. The SMILES string of the molecule is COc1cc(Cl)ccc1-n1ccc(CCC(O)O)c1-c1ccc(C(N)=O)cc1C. The molecule has 0 atom stereocenters. The van der Waals surface area contributed by atoms with Crippen LogP contribution in [0.3, 0.4) is 0 Å². The first-order chi connectivity index (χ1) is 13.8. The van der Waals surface area contributed by atoms with Gasteiger partial charge >= 0.3 is 0 Å². The molecule has 29 heavy (non-hydrogen) atoms. The molecule has 0 saturated heterocycles. The lowest BCUT2D eigenvalue weighted by Gasteiger charge is -2.17. The van der Waals surface area contributed by atoms with Crippen LogP contribution in [0.5, 0.6) is 5.75 Å². The predicted octanol–water partition coefficient (Wildman–Crippen LogP) is 3.46. The zero-order chi connectivity index (χ0) is 21.1. The quantitative estimate of drug-likeness (QED) is 0.516. The van der Waals surface area contributed by atoms with Crippen molar-refractivity contribution in [2.24, 2.45) is 5.73 Å². The molecule has 0 aliphatic rings. The second-order valence-corrected chi connectivity index (χ2v) is 7.23. The Morgan fingerprint density at radius 2 is 1.97 bits per heavy atom. The van der Waals surface area contributed by atoms with E-state index in [9.17, 15) is 15.0 Å². The number of nitrogens with zero attached hydrogens (tertiary/aromatic N) is 1. The normalized spacial score (nSPS) is 11.1. The minimum atomic E-state index is -1.39. The van der Waals surface area contributed by atoms with Gasteiger partial charge in [0, 0.05) is 34.8 Å². The van der Waals surface area contributed by atoms with Crippen molar-refractivity contribution in [3.63, 3.8) is 0 Å². The summed E-state index contributed by atoms with van der Waals surface area (Å²) < 4.78 is 7.49. The Labute approximate surface area is 174 Å². The summed E-state index contributed by atoms with van der Waals surface area (Å²) in [6.45, 7) is 1.91. The molecule has 0 spiro atoms. The molecule has 1 heterocycles. The lowest BCUT2D eigenvalue weighted by Crippen LogP contribution is -2.11. The van der Waals surface area contributed by atoms with Crippen LogP contribution in [0.15, 0.2) is 48.7 Å². The highest BCUT2D eigenvalue weighted by molar-refractivity contribution is 6.30. The lowest BCUT2D eigenvalue weighted by molar-refractivity contribution is -0.0446. The monoisotopic (exact) mass is 414 g/mol. The minimum absolute atomic E-state index is 0.202. The molecule has 3 rings (SSSR count). The highest BCUT2D eigenvalue weighted by atomic mass is 35.5. The first-order valence-electron chi connectivity index (χ1n) is 9.13. The molecule has 1 aromatic heterocycles. The first-order valence-corrected chi connectivity index (χ1v) is 9.50. The van der Waals surface area contributed by atoms with E-state index in [0.717, 1.165) is 28.1 Å². The van der Waals surface area contributed by atoms with Crippen molar-refractivity contribution in [3.8, 4) is 22.7 Å². The number of nitrogens with two attached hydrogens (primary N) is 1. The molecule has 0 aliphatic carbocycles. The van der Waals surface area contributed by atoms with Crippen LogP contribution in [-0.2, 0) is 6.42 Å². The van der Waals surface area contributed by atoms with E-state index in [1.54, 1.807) is 31.4 Å². The van der Waals surface area contributed by atoms with Crippen molar-refractivity contribution in [2.75, 3.05) is 7.11 Å². The number of rotatable bonds is 7. The molecular formula is C22H23ClN2O4. The summed E-state index contributed by atoms with van der Waals surface area (Å²) in [5.74, 6) is 0.118. The summed E-state index contributed by atoms with van der Waals surface area (Å²) >= 11 is 6.11. The van der Waals surface area contributed by atoms with E-state index in [1.807, 2.05) is 35.9 Å². The summed E-state index contributed by atoms with van der Waals surface area (Å²) in [5.41, 5.74) is 10.2. The Morgan fingerprint density at radius 1 is 1.21 bits per heavy atom. The van der Waals surface area contributed by atoms with Crippen molar-refractivity contribution in [1.29, 1.82) is 0 Å². The van der Waals surface area contributed by atoms with Gasteiger partial charge in [-0.2, -0.15) is 0 Å². The van der Waals surface area contributed by atoms with Crippen LogP contribution >= 0.6 is 11.6 Å². The molecule has 7 heteroatoms. The van der Waals surface area contributed by atoms with E-state index < -0.39 is 12.2 Å². The maximum atomic E-state index is 11.5. The number of carbonyl (C=O) groups excluding carboxylic acids is 1. The van der Waals surface area contributed by atoms with Crippen LogP contribution in [-0.4, -0.2) is 34.1 Å². The Bertz CT molecular complexity index is 1040. The summed E-state index contributed by atoms with van der Waals surface area (Å²) in [4.78, 5) is 11.5. The number of aliphatic hydroxyl groups excluding tert-OH is 1. The van der Waals surface area contributed by atoms with E-state index in [0.29, 0.717) is 22.8 Å². The fourth-order valence-corrected chi connectivity index (χ4v) is 3.56. The number of aryl methyl sites for hydroxylation is 2. The number of hydrogen-bond donors (Lipinski definition) is 3. The first kappa shape index (κ1) is 20.9. The fourth-order valence-electron chi connectivity index (χ4n) is 3.40. The third-order valence-corrected chi connectivity index (χ3v) is 5.04. The van der Waals surface area contributed by atoms with E-state index in [4.69, 9.17) is 22.1 Å². The van der Waals surface area contributed by atoms with Crippen LogP contribution in [0, 0.1) is 6.92 Å². The van der Waals surface area contributed by atoms with E-state index in [2.05, 4.69) is 0 Å². The number of ether oxygens (including phenoxy) is 1. The Kier molecular flexibility index (Phi) is 6.27. The third-order valence-electron chi connectivity index (χ3n) is 4.81. The molecule has 2 aromatic carbocycles. The molecule has 0 radical (unpaired) electrons. The topological polar surface area (TPSA) is 97.7 Å². The smallest absolute Gasteiger partial charge is 0.248 e. The second kappa shape index (κ2) is 8.69. The number of benzene rings is 2. The van der Waals surface area contributed by atoms with Gasteiger partial charge in [0.25, 0.3) is 0 Å². The van der Waals surface area contributed by atoms with Crippen LogP contribution in [0.25, 0.3) is 16.9 Å². The van der Waals surface area contributed by atoms with Crippen LogP contribution < -0.4 is 10.5 Å². The standard InChI is InChI=1S/C22H23ClN2O4/c1-13-11-15(22(24)28)3-6-17(13)21-14(4-8-20(26)27)9-10-25(21)18-7-5-16(23)12-19(18)29-2/h3,5-7,9-12,20,26-27H,4,8H2,1-2H3,(H2,24,28). The number of halogens is 1. The fraction of sp³-hybridized carbons (Fsp3) is 0.227. The number of aromatic nitrogens is 1. The number of aliphatic hydroxyl groups is 2. The molecule has 4 N–H and O–H groups in total. The largest absolute Gasteiger partial charge is 0.495 e. The van der Waals surface area contributed by atoms with Crippen molar-refractivity contribution < 1.29 is 19.7 Å². The van der Waals surface area contributed by atoms with Crippen molar-refractivity contribution in [3.05, 3.63) is 70.4 Å². The maximum Gasteiger partial charge on any atom is 0.248 e. The molecule has 3 aromatic rings. The number of methoxy groups -OCH3 is 1. The van der Waals surface area contributed by atoms with Crippen LogP contribution in [0.1, 0.15) is 27.9 Å². The molecule has 0 unspecified atom stereocenters. The zero-order valence-electron chi connectivity index (χ0n) is 16.2. The number of amides is 1. The van der Waals surface area contributed by atoms with Crippen LogP contribution in [0.4, 0.5) is 0 Å². The minimum Gasteiger partial charge on any atom is -0.495 e. The third kappa shape index (κ3) is 4.45. The summed E-state index contributed by atoms with van der Waals surface area (Å²) in [7, 11) is 1.58. The molecule has 1 amide bonds. The molecule has 6 nitrogen and oxygen atoms in total. The summed E-state index contributed by atoms with van der Waals surface area (Å²) in [6, 6.07) is 12.6. The van der Waals surface area contributed by atoms with Gasteiger partial charge in [0.1, 0.15) is 5.75 Å². The van der Waals surface area contributed by atoms with Gasteiger partial charge in [0.05, 0.1) is 18.5 Å². The van der Waals surface area contributed by atoms with Gasteiger partial charge in [-0.3, -0.25) is 4.79 Å². The highest BCUT2D eigenvalue weighted by Gasteiger charge is 2.18. The molecule has 0 saturated carbocycles. The van der Waals surface area contributed by atoms with Gasteiger partial charge in [-0.15, -0.1) is 0 Å². The average molecular weight is 415 g/mol. The van der Waals surface area contributed by atoms with Crippen LogP contribution in [0.2, 0.25) is 5.02 Å². The highest BCUT2D eigenvalue weighted by Crippen LogP contribution is 2.35. The van der Waals surface area contributed by atoms with E-state index >= 15 is 0 Å². The van der Waals surface area contributed by atoms with Crippen molar-refractivity contribution in [1.82, 2.24) is 4.57 Å². The van der Waals surface area contributed by atoms with E-state index in [-0.39, 0.29) is 6.42 Å². The second-order valence-electron chi connectivity index (χ2n) is 6.79. The van der Waals surface area contributed by atoms with Gasteiger partial charge in [0.2, 0.25) is 5.91 Å².